The first-order valence-electron chi connectivity index (χ1n) is 5.04. The van der Waals surface area contributed by atoms with Crippen LogP contribution in [0, 0.1) is 9.39 Å². The van der Waals surface area contributed by atoms with Crippen LogP contribution >= 0.6 is 22.6 Å². The molecule has 0 saturated carbocycles. The smallest absolute Gasteiger partial charge is 0.274 e. The maximum absolute atomic E-state index is 12.9. The van der Waals surface area contributed by atoms with E-state index in [4.69, 9.17) is 5.73 Å². The number of nitrogen functional groups attached to an aromatic ring is 1. The van der Waals surface area contributed by atoms with Gasteiger partial charge < -0.3 is 11.1 Å². The minimum atomic E-state index is -0.383. The van der Waals surface area contributed by atoms with Gasteiger partial charge in [-0.2, -0.15) is 0 Å². The van der Waals surface area contributed by atoms with E-state index in [1.165, 1.54) is 30.5 Å². The lowest BCUT2D eigenvalue weighted by atomic mass is 10.2. The molecule has 18 heavy (non-hydrogen) atoms. The number of carbonyl (C=O) groups is 1. The summed E-state index contributed by atoms with van der Waals surface area (Å²) < 4.78 is 13.5. The van der Waals surface area contributed by atoms with E-state index >= 15 is 0 Å². The topological polar surface area (TPSA) is 68.0 Å². The van der Waals surface area contributed by atoms with Gasteiger partial charge in [0.25, 0.3) is 5.91 Å². The third-order valence-electron chi connectivity index (χ3n) is 2.20. The first kappa shape index (κ1) is 12.7. The molecule has 0 saturated heterocycles. The van der Waals surface area contributed by atoms with Crippen LogP contribution < -0.4 is 11.1 Å². The number of pyridine rings is 1. The Morgan fingerprint density at radius 1 is 1.33 bits per heavy atom. The Morgan fingerprint density at radius 3 is 2.78 bits per heavy atom. The summed E-state index contributed by atoms with van der Waals surface area (Å²) in [6, 6.07) is 7.19. The number of halogens is 2. The van der Waals surface area contributed by atoms with Crippen molar-refractivity contribution in [2.24, 2.45) is 0 Å². The van der Waals surface area contributed by atoms with Crippen LogP contribution in [0.15, 0.2) is 36.5 Å². The summed E-state index contributed by atoms with van der Waals surface area (Å²) >= 11 is 1.95. The number of anilines is 2. The molecule has 0 aliphatic rings. The van der Waals surface area contributed by atoms with Gasteiger partial charge in [-0.1, -0.05) is 0 Å². The van der Waals surface area contributed by atoms with Crippen LogP contribution in [0.25, 0.3) is 0 Å². The van der Waals surface area contributed by atoms with Crippen molar-refractivity contribution < 1.29 is 9.18 Å². The van der Waals surface area contributed by atoms with Crippen molar-refractivity contribution in [3.63, 3.8) is 0 Å². The highest BCUT2D eigenvalue weighted by molar-refractivity contribution is 14.1. The zero-order valence-corrected chi connectivity index (χ0v) is 11.3. The van der Waals surface area contributed by atoms with E-state index in [2.05, 4.69) is 10.3 Å². The highest BCUT2D eigenvalue weighted by atomic mass is 127. The van der Waals surface area contributed by atoms with Gasteiger partial charge in [-0.3, -0.25) is 9.78 Å². The van der Waals surface area contributed by atoms with Crippen LogP contribution in [0.4, 0.5) is 15.8 Å². The lowest BCUT2D eigenvalue weighted by molar-refractivity contribution is 0.102. The summed E-state index contributed by atoms with van der Waals surface area (Å²) in [6.07, 6.45) is 1.46. The Morgan fingerprint density at radius 2 is 2.11 bits per heavy atom. The van der Waals surface area contributed by atoms with Crippen molar-refractivity contribution in [1.29, 1.82) is 0 Å². The minimum Gasteiger partial charge on any atom is -0.399 e. The van der Waals surface area contributed by atoms with Crippen LogP contribution in [0.1, 0.15) is 10.5 Å². The SMILES string of the molecule is Nc1ccnc(C(=O)Nc2ccc(F)cc2I)c1. The molecular weight excluding hydrogens is 348 g/mol. The fraction of sp³-hybridized carbons (Fsp3) is 0. The standard InChI is InChI=1S/C12H9FIN3O/c13-7-1-2-10(9(14)5-7)17-12(18)11-6-8(15)3-4-16-11/h1-6H,(H2,15,16)(H,17,18). The predicted molar refractivity (Wildman–Crippen MR) is 75.7 cm³/mol. The summed E-state index contributed by atoms with van der Waals surface area (Å²) in [4.78, 5) is 15.8. The van der Waals surface area contributed by atoms with Crippen molar-refractivity contribution in [1.82, 2.24) is 4.98 Å². The van der Waals surface area contributed by atoms with Gasteiger partial charge >= 0.3 is 0 Å². The third-order valence-corrected chi connectivity index (χ3v) is 3.09. The van der Waals surface area contributed by atoms with Crippen molar-refractivity contribution in [3.8, 4) is 0 Å². The molecule has 1 aromatic carbocycles. The molecule has 3 N–H and O–H groups in total. The lowest BCUT2D eigenvalue weighted by Gasteiger charge is -2.07. The average Bonchev–Trinajstić information content (AvgIpc) is 2.32. The number of nitrogens with two attached hydrogens (primary N) is 1. The molecule has 0 unspecified atom stereocenters. The molecule has 92 valence electrons. The van der Waals surface area contributed by atoms with Crippen LogP contribution in [-0.2, 0) is 0 Å². The lowest BCUT2D eigenvalue weighted by Crippen LogP contribution is -2.14. The monoisotopic (exact) mass is 357 g/mol. The molecule has 1 amide bonds. The maximum atomic E-state index is 12.9. The van der Waals surface area contributed by atoms with Gasteiger partial charge in [0.05, 0.1) is 5.69 Å². The molecule has 6 heteroatoms. The molecule has 2 rings (SSSR count). The molecule has 0 spiro atoms. The van der Waals surface area contributed by atoms with Gasteiger partial charge in [0.1, 0.15) is 11.5 Å². The molecule has 0 radical (unpaired) electrons. The van der Waals surface area contributed by atoms with E-state index < -0.39 is 0 Å². The summed E-state index contributed by atoms with van der Waals surface area (Å²) in [7, 11) is 0. The first-order chi connectivity index (χ1) is 8.56. The molecule has 4 nitrogen and oxygen atoms in total. The minimum absolute atomic E-state index is 0.218. The van der Waals surface area contributed by atoms with Gasteiger partial charge in [-0.15, -0.1) is 0 Å². The number of amides is 1. The Hall–Kier alpha value is -1.70. The van der Waals surface area contributed by atoms with Gasteiger partial charge in [-0.05, 0) is 52.9 Å². The van der Waals surface area contributed by atoms with Crippen molar-refractivity contribution in [2.75, 3.05) is 11.1 Å². The number of nitrogens with one attached hydrogen (secondary N) is 1. The van der Waals surface area contributed by atoms with E-state index in [0.717, 1.165) is 0 Å². The fourth-order valence-electron chi connectivity index (χ4n) is 1.35. The van der Waals surface area contributed by atoms with Gasteiger partial charge in [-0.25, -0.2) is 4.39 Å². The van der Waals surface area contributed by atoms with Crippen LogP contribution in [0.3, 0.4) is 0 Å². The Kier molecular flexibility index (Phi) is 3.75. The zero-order valence-electron chi connectivity index (χ0n) is 9.15. The number of rotatable bonds is 2. The third kappa shape index (κ3) is 2.95. The van der Waals surface area contributed by atoms with E-state index in [1.807, 2.05) is 22.6 Å². The second kappa shape index (κ2) is 5.30. The molecule has 2 aromatic rings. The van der Waals surface area contributed by atoms with Crippen molar-refractivity contribution >= 4 is 39.9 Å². The number of hydrogen-bond donors (Lipinski definition) is 2. The Labute approximate surface area is 117 Å². The average molecular weight is 357 g/mol. The second-order valence-corrected chi connectivity index (χ2v) is 4.71. The predicted octanol–water partition coefficient (Wildman–Crippen LogP) is 2.66. The van der Waals surface area contributed by atoms with E-state index in [1.54, 1.807) is 6.07 Å². The Bertz CT molecular complexity index is 604. The zero-order chi connectivity index (χ0) is 13.1. The number of aromatic nitrogens is 1. The summed E-state index contributed by atoms with van der Waals surface area (Å²) in [6.45, 7) is 0. The highest BCUT2D eigenvalue weighted by Gasteiger charge is 2.10. The van der Waals surface area contributed by atoms with Crippen LogP contribution in [0.2, 0.25) is 0 Å². The molecule has 0 atom stereocenters. The molecule has 0 aliphatic carbocycles. The first-order valence-corrected chi connectivity index (χ1v) is 6.12. The summed E-state index contributed by atoms with van der Waals surface area (Å²) in [5, 5.41) is 2.65. The van der Waals surface area contributed by atoms with Gasteiger partial charge in [0, 0.05) is 15.5 Å². The number of nitrogens with zero attached hydrogens (tertiary/aromatic N) is 1. The van der Waals surface area contributed by atoms with E-state index in [-0.39, 0.29) is 17.4 Å². The Balaban J connectivity index is 2.21. The fourth-order valence-corrected chi connectivity index (χ4v) is 1.96. The van der Waals surface area contributed by atoms with Gasteiger partial charge in [0.15, 0.2) is 0 Å². The number of hydrogen-bond acceptors (Lipinski definition) is 3. The molecule has 0 bridgehead atoms. The normalized spacial score (nSPS) is 10.1. The van der Waals surface area contributed by atoms with Gasteiger partial charge in [0.2, 0.25) is 0 Å². The maximum Gasteiger partial charge on any atom is 0.274 e. The molecule has 0 aliphatic heterocycles. The van der Waals surface area contributed by atoms with Crippen molar-refractivity contribution in [3.05, 3.63) is 51.6 Å². The van der Waals surface area contributed by atoms with Crippen LogP contribution in [0.5, 0.6) is 0 Å². The van der Waals surface area contributed by atoms with E-state index in [9.17, 15) is 9.18 Å². The van der Waals surface area contributed by atoms with E-state index in [0.29, 0.717) is 14.9 Å². The number of carbonyl (C=O) groups excluding carboxylic acids is 1. The number of benzene rings is 1. The van der Waals surface area contributed by atoms with Crippen molar-refractivity contribution in [2.45, 2.75) is 0 Å². The van der Waals surface area contributed by atoms with Crippen LogP contribution in [-0.4, -0.2) is 10.9 Å². The second-order valence-electron chi connectivity index (χ2n) is 3.55. The molecule has 1 heterocycles. The quantitative estimate of drug-likeness (QED) is 0.813. The largest absolute Gasteiger partial charge is 0.399 e. The molecular formula is C12H9FIN3O. The molecule has 0 fully saturated rings. The summed E-state index contributed by atoms with van der Waals surface area (Å²) in [5.74, 6) is -0.730. The summed E-state index contributed by atoms with van der Waals surface area (Å²) in [5.41, 5.74) is 6.78. The highest BCUT2D eigenvalue weighted by Crippen LogP contribution is 2.19. The molecule has 1 aromatic heterocycles.